The zero-order chi connectivity index (χ0) is 45.2. The summed E-state index contributed by atoms with van der Waals surface area (Å²) >= 11 is 0. The fourth-order valence-corrected chi connectivity index (χ4v) is 6.58. The quantitative estimate of drug-likeness (QED) is 0.0253. The van der Waals surface area contributed by atoms with Crippen LogP contribution in [0.1, 0.15) is 86.1 Å². The van der Waals surface area contributed by atoms with Crippen LogP contribution in [0.2, 0.25) is 0 Å². The molecule has 6 N–H and O–H groups in total. The maximum absolute atomic E-state index is 12.7. The highest BCUT2D eigenvalue weighted by Gasteiger charge is 2.19. The second-order valence-corrected chi connectivity index (χ2v) is 15.3. The third-order valence-corrected chi connectivity index (χ3v) is 10.0. The predicted molar refractivity (Wildman–Crippen MR) is 244 cm³/mol. The van der Waals surface area contributed by atoms with Crippen molar-refractivity contribution in [1.29, 1.82) is 0 Å². The maximum Gasteiger partial charge on any atom is 0.305 e. The van der Waals surface area contributed by atoms with Crippen LogP contribution < -0.4 is 26.6 Å². The van der Waals surface area contributed by atoms with Crippen molar-refractivity contribution >= 4 is 46.9 Å². The smallest absolute Gasteiger partial charge is 0.305 e. The van der Waals surface area contributed by atoms with E-state index in [-0.39, 0.29) is 55.7 Å². The Morgan fingerprint density at radius 3 is 2.19 bits per heavy atom. The van der Waals surface area contributed by atoms with E-state index >= 15 is 0 Å². The third-order valence-electron chi connectivity index (χ3n) is 10.0. The fourth-order valence-electron chi connectivity index (χ4n) is 6.58. The van der Waals surface area contributed by atoms with Gasteiger partial charge in [0.25, 0.3) is 0 Å². The SMILES string of the molecule is C=CC(=O)CCc1ccc(NC(=O)CCCC(=O)NCCCOCCCc2cccc(-c3ccc(C(CC(=O)O)NC(=O)CNC(=O)CCCNc4cc(C)ccn4)cc3)c2)cc1. The summed E-state index contributed by atoms with van der Waals surface area (Å²) in [5.41, 5.74) is 6.48. The lowest BCUT2D eigenvalue weighted by Gasteiger charge is -2.18. The Morgan fingerprint density at radius 2 is 1.44 bits per heavy atom. The van der Waals surface area contributed by atoms with E-state index in [0.717, 1.165) is 46.5 Å². The minimum absolute atomic E-state index is 0.00523. The van der Waals surface area contributed by atoms with Gasteiger partial charge in [-0.25, -0.2) is 4.98 Å². The third kappa shape index (κ3) is 19.7. The van der Waals surface area contributed by atoms with Gasteiger partial charge in [0.1, 0.15) is 5.82 Å². The molecule has 0 spiro atoms. The summed E-state index contributed by atoms with van der Waals surface area (Å²) in [5.74, 6) is -1.35. The largest absolute Gasteiger partial charge is 0.481 e. The molecule has 0 aliphatic carbocycles. The number of aryl methyl sites for hydroxylation is 3. The number of anilines is 2. The molecule has 0 bridgehead atoms. The molecule has 0 aliphatic rings. The summed E-state index contributed by atoms with van der Waals surface area (Å²) in [6.07, 6.45) is 7.74. The normalized spacial score (nSPS) is 11.2. The second-order valence-electron chi connectivity index (χ2n) is 15.3. The number of pyridine rings is 1. The number of amides is 4. The van der Waals surface area contributed by atoms with E-state index in [2.05, 4.69) is 50.3 Å². The van der Waals surface area contributed by atoms with Gasteiger partial charge in [0.2, 0.25) is 23.6 Å². The molecule has 0 aliphatic heterocycles. The number of ketones is 1. The van der Waals surface area contributed by atoms with Gasteiger partial charge in [0.15, 0.2) is 5.78 Å². The lowest BCUT2D eigenvalue weighted by atomic mass is 9.97. The summed E-state index contributed by atoms with van der Waals surface area (Å²) in [6.45, 7) is 7.32. The summed E-state index contributed by atoms with van der Waals surface area (Å²) in [6, 6.07) is 26.0. The van der Waals surface area contributed by atoms with E-state index in [1.165, 1.54) is 6.08 Å². The van der Waals surface area contributed by atoms with Crippen LogP contribution in [0.5, 0.6) is 0 Å². The number of benzene rings is 3. The van der Waals surface area contributed by atoms with E-state index in [0.29, 0.717) is 69.7 Å². The van der Waals surface area contributed by atoms with Gasteiger partial charge in [0, 0.05) is 63.9 Å². The van der Waals surface area contributed by atoms with Crippen LogP contribution in [0.25, 0.3) is 11.1 Å². The Morgan fingerprint density at radius 1 is 0.714 bits per heavy atom. The molecule has 63 heavy (non-hydrogen) atoms. The summed E-state index contributed by atoms with van der Waals surface area (Å²) < 4.78 is 5.79. The van der Waals surface area contributed by atoms with Gasteiger partial charge in [0.05, 0.1) is 19.0 Å². The number of carbonyl (C=O) groups is 6. The molecule has 0 saturated carbocycles. The number of carboxylic acids is 1. The number of aromatic nitrogens is 1. The second kappa shape index (κ2) is 27.3. The lowest BCUT2D eigenvalue weighted by Crippen LogP contribution is -2.39. The van der Waals surface area contributed by atoms with Gasteiger partial charge < -0.3 is 36.4 Å². The van der Waals surface area contributed by atoms with Crippen LogP contribution in [0.15, 0.2) is 104 Å². The number of allylic oxidation sites excluding steroid dienone is 1. The molecule has 1 atom stereocenters. The molecular weight excluding hydrogens is 801 g/mol. The molecule has 0 fully saturated rings. The molecule has 14 heteroatoms. The number of nitrogens with zero attached hydrogens (tertiary/aromatic N) is 1. The number of carboxylic acid groups (broad SMARTS) is 1. The molecule has 4 amide bonds. The number of carbonyl (C=O) groups excluding carboxylic acids is 5. The van der Waals surface area contributed by atoms with Gasteiger partial charge >= 0.3 is 5.97 Å². The number of nitrogens with one attached hydrogen (secondary N) is 5. The van der Waals surface area contributed by atoms with E-state index in [9.17, 15) is 33.9 Å². The molecule has 1 heterocycles. The maximum atomic E-state index is 12.7. The topological polar surface area (TPSA) is 205 Å². The van der Waals surface area contributed by atoms with Crippen LogP contribution in [0.3, 0.4) is 0 Å². The van der Waals surface area contributed by atoms with Gasteiger partial charge in [-0.2, -0.15) is 0 Å². The first-order chi connectivity index (χ1) is 30.5. The highest BCUT2D eigenvalue weighted by molar-refractivity contribution is 5.91. The number of ether oxygens (including phenoxy) is 1. The number of aliphatic carboxylic acids is 1. The summed E-state index contributed by atoms with van der Waals surface area (Å²) in [4.78, 5) is 76.9. The Kier molecular flexibility index (Phi) is 21.2. The molecule has 1 unspecified atom stereocenters. The Hall–Kier alpha value is -6.67. The van der Waals surface area contributed by atoms with Crippen LogP contribution >= 0.6 is 0 Å². The summed E-state index contributed by atoms with van der Waals surface area (Å²) in [7, 11) is 0. The van der Waals surface area contributed by atoms with Gasteiger partial charge in [-0.15, -0.1) is 0 Å². The number of rotatable bonds is 29. The van der Waals surface area contributed by atoms with Crippen LogP contribution in [0.4, 0.5) is 11.5 Å². The molecule has 1 aromatic heterocycles. The zero-order valence-corrected chi connectivity index (χ0v) is 36.1. The van der Waals surface area contributed by atoms with Crippen molar-refractivity contribution < 1.29 is 38.6 Å². The van der Waals surface area contributed by atoms with Crippen LogP contribution in [0, 0.1) is 6.92 Å². The van der Waals surface area contributed by atoms with E-state index in [4.69, 9.17) is 4.74 Å². The highest BCUT2D eigenvalue weighted by Crippen LogP contribution is 2.25. The zero-order valence-electron chi connectivity index (χ0n) is 36.1. The van der Waals surface area contributed by atoms with Crippen molar-refractivity contribution in [2.75, 3.05) is 43.5 Å². The fraction of sp³-hybridized carbons (Fsp3) is 0.367. The van der Waals surface area contributed by atoms with E-state index in [1.54, 1.807) is 30.5 Å². The monoisotopic (exact) mass is 860 g/mol. The lowest BCUT2D eigenvalue weighted by molar-refractivity contribution is -0.138. The van der Waals surface area contributed by atoms with Crippen molar-refractivity contribution in [2.45, 2.75) is 83.6 Å². The molecule has 14 nitrogen and oxygen atoms in total. The molecule has 3 aromatic carbocycles. The van der Waals surface area contributed by atoms with E-state index in [1.807, 2.05) is 55.5 Å². The first-order valence-corrected chi connectivity index (χ1v) is 21.5. The van der Waals surface area contributed by atoms with Crippen molar-refractivity contribution in [3.63, 3.8) is 0 Å². The highest BCUT2D eigenvalue weighted by atomic mass is 16.5. The minimum atomic E-state index is -1.06. The number of hydrogen-bond acceptors (Lipinski definition) is 9. The molecular formula is C49H60N6O8. The average molecular weight is 861 g/mol. The number of hydrogen-bond donors (Lipinski definition) is 6. The Balaban J connectivity index is 1.07. The molecule has 0 saturated heterocycles. The average Bonchev–Trinajstić information content (AvgIpc) is 3.27. The molecule has 4 rings (SSSR count). The molecule has 0 radical (unpaired) electrons. The van der Waals surface area contributed by atoms with Gasteiger partial charge in [-0.05, 0) is 109 Å². The van der Waals surface area contributed by atoms with Crippen LogP contribution in [-0.2, 0) is 46.3 Å². The first-order valence-electron chi connectivity index (χ1n) is 21.5. The van der Waals surface area contributed by atoms with Gasteiger partial charge in [-0.1, -0.05) is 67.2 Å². The summed E-state index contributed by atoms with van der Waals surface area (Å²) in [5, 5.41) is 23.8. The first kappa shape index (κ1) is 49.0. The van der Waals surface area contributed by atoms with Crippen molar-refractivity contribution in [1.82, 2.24) is 20.9 Å². The standard InChI is InChI=1S/C49H60N6O8/c1-3-42(56)24-17-36-15-22-41(23-16-36)54-47(59)13-5-12-45(57)52-27-8-30-63-29-7-10-37-9-4-11-40(32-37)38-18-20-39(21-19-38)43(33-49(61)62)55-48(60)34-53-46(58)14-6-26-50-44-31-35(2)25-28-51-44/h3-4,9,11,15-16,18-23,25,28,31-32,43H,1,5-8,10,12-14,17,24,26-27,29-30,33-34H2,2H3,(H,50,51)(H,52,57)(H,53,58)(H,54,59)(H,55,60)(H,61,62). The van der Waals surface area contributed by atoms with Gasteiger partial charge in [-0.3, -0.25) is 28.8 Å². The van der Waals surface area contributed by atoms with Crippen LogP contribution in [-0.4, -0.2) is 78.3 Å². The molecule has 334 valence electrons. The van der Waals surface area contributed by atoms with Crippen molar-refractivity contribution in [3.8, 4) is 11.1 Å². The Labute approximate surface area is 369 Å². The minimum Gasteiger partial charge on any atom is -0.481 e. The molecule has 4 aromatic rings. The Bertz CT molecular complexity index is 2120. The van der Waals surface area contributed by atoms with E-state index < -0.39 is 17.9 Å². The predicted octanol–water partition coefficient (Wildman–Crippen LogP) is 6.65. The van der Waals surface area contributed by atoms with Crippen molar-refractivity contribution in [2.24, 2.45) is 0 Å². The van der Waals surface area contributed by atoms with Crippen molar-refractivity contribution in [3.05, 3.63) is 126 Å².